The number of carboxylic acids is 2. The van der Waals surface area contributed by atoms with Crippen molar-refractivity contribution in [2.24, 2.45) is 50.7 Å². The smallest absolute Gasteiger partial charge is 0.335 e. The molecule has 5 aliphatic rings. The minimum atomic E-state index is -1.69. The van der Waals surface area contributed by atoms with E-state index in [1.54, 1.807) is 0 Å². The molecule has 6 N–H and O–H groups in total. The van der Waals surface area contributed by atoms with Crippen LogP contribution in [-0.2, 0) is 19.1 Å². The Morgan fingerprint density at radius 2 is 1.60 bits per heavy atom. The lowest BCUT2D eigenvalue weighted by Gasteiger charge is -2.64. The van der Waals surface area contributed by atoms with Crippen LogP contribution in [0, 0.1) is 50.7 Å². The summed E-state index contributed by atoms with van der Waals surface area (Å²) in [6.45, 7) is 18.7. The Bertz CT molecular complexity index is 1350. The van der Waals surface area contributed by atoms with Crippen molar-refractivity contribution in [2.45, 2.75) is 149 Å². The minimum absolute atomic E-state index is 0.0132. The zero-order chi connectivity index (χ0) is 37.2. The van der Waals surface area contributed by atoms with Gasteiger partial charge in [0.25, 0.3) is 0 Å². The molecule has 50 heavy (non-hydrogen) atoms. The molecular weight excluding hydrogens is 658 g/mol. The van der Waals surface area contributed by atoms with Crippen LogP contribution in [0.25, 0.3) is 0 Å². The SMILES string of the molecule is C[C@@H]1CC[C@H](NCCS[C@@H]2O[C@H](C(=O)O)[C@@H](O)[C@H](O)[C@H]2O)C(C)(C)C1CC[C@]1(C)[C@@H](C)C(=O)C=C2[C@@H]3C[C@@](C)(C(=O)O)CC[C@]3(C)CC[C@]21C. The first-order valence-electron chi connectivity index (χ1n) is 18.9. The van der Waals surface area contributed by atoms with Crippen molar-refractivity contribution in [2.75, 3.05) is 12.3 Å². The Hall–Kier alpha value is -1.50. The van der Waals surface area contributed by atoms with E-state index in [4.69, 9.17) is 4.74 Å². The molecule has 4 aliphatic carbocycles. The van der Waals surface area contributed by atoms with Crippen molar-refractivity contribution in [1.29, 1.82) is 0 Å². The lowest BCUT2D eigenvalue weighted by atomic mass is 9.40. The number of ketones is 1. The molecule has 1 saturated heterocycles. The summed E-state index contributed by atoms with van der Waals surface area (Å²) in [6, 6.07) is 0.233. The molecule has 1 heterocycles. The summed E-state index contributed by atoms with van der Waals surface area (Å²) < 4.78 is 5.44. The molecule has 0 bridgehead atoms. The van der Waals surface area contributed by atoms with Gasteiger partial charge >= 0.3 is 11.9 Å². The van der Waals surface area contributed by atoms with Crippen LogP contribution in [0.2, 0.25) is 0 Å². The van der Waals surface area contributed by atoms with Crippen LogP contribution in [0.15, 0.2) is 11.6 Å². The second-order valence-corrected chi connectivity index (χ2v) is 19.6. The molecule has 5 rings (SSSR count). The molecule has 284 valence electrons. The fraction of sp³-hybridized carbons (Fsp3) is 0.872. The molecule has 0 aromatic carbocycles. The number of aliphatic hydroxyl groups excluding tert-OH is 3. The fourth-order valence-electron chi connectivity index (χ4n) is 11.1. The lowest BCUT2D eigenvalue weighted by Crippen LogP contribution is -2.59. The third kappa shape index (κ3) is 6.63. The van der Waals surface area contributed by atoms with Crippen LogP contribution < -0.4 is 5.32 Å². The third-order valence-corrected chi connectivity index (χ3v) is 16.6. The predicted octanol–water partition coefficient (Wildman–Crippen LogP) is 5.27. The van der Waals surface area contributed by atoms with Crippen LogP contribution in [-0.4, -0.2) is 91.4 Å². The predicted molar refractivity (Wildman–Crippen MR) is 192 cm³/mol. The number of aliphatic hydroxyl groups is 3. The number of hydrogen-bond donors (Lipinski definition) is 6. The van der Waals surface area contributed by atoms with Gasteiger partial charge in [-0.25, -0.2) is 4.79 Å². The Labute approximate surface area is 302 Å². The summed E-state index contributed by atoms with van der Waals surface area (Å²) in [5.41, 5.74) is -1.01. The summed E-state index contributed by atoms with van der Waals surface area (Å²) in [6.07, 6.45) is 3.86. The number of aliphatic carboxylic acids is 2. The molecule has 0 amide bonds. The van der Waals surface area contributed by atoms with Crippen molar-refractivity contribution in [3.05, 3.63) is 11.6 Å². The monoisotopic (exact) mass is 721 g/mol. The van der Waals surface area contributed by atoms with E-state index in [2.05, 4.69) is 53.8 Å². The van der Waals surface area contributed by atoms with Crippen LogP contribution >= 0.6 is 11.8 Å². The van der Waals surface area contributed by atoms with Crippen LogP contribution in [0.5, 0.6) is 0 Å². The molecule has 0 aromatic rings. The number of hydrogen-bond acceptors (Lipinski definition) is 9. The van der Waals surface area contributed by atoms with Crippen molar-refractivity contribution in [1.82, 2.24) is 5.32 Å². The molecule has 11 heteroatoms. The van der Waals surface area contributed by atoms with E-state index >= 15 is 0 Å². The summed E-state index contributed by atoms with van der Waals surface area (Å²) in [4.78, 5) is 37.8. The molecule has 4 fully saturated rings. The highest BCUT2D eigenvalue weighted by molar-refractivity contribution is 7.99. The number of carboxylic acid groups (broad SMARTS) is 2. The van der Waals surface area contributed by atoms with Gasteiger partial charge < -0.3 is 35.6 Å². The highest BCUT2D eigenvalue weighted by Gasteiger charge is 2.62. The molecular formula is C39H63NO9S. The first-order chi connectivity index (χ1) is 23.1. The van der Waals surface area contributed by atoms with E-state index in [1.165, 1.54) is 17.3 Å². The molecule has 10 nitrogen and oxygen atoms in total. The molecule has 1 unspecified atom stereocenters. The van der Waals surface area contributed by atoms with Gasteiger partial charge in [0.1, 0.15) is 23.7 Å². The molecule has 14 atom stereocenters. The summed E-state index contributed by atoms with van der Waals surface area (Å²) in [5, 5.41) is 53.9. The van der Waals surface area contributed by atoms with Gasteiger partial charge in [0.05, 0.1) is 5.41 Å². The van der Waals surface area contributed by atoms with E-state index in [-0.39, 0.29) is 45.3 Å². The number of carbonyl (C=O) groups excluding carboxylic acids is 1. The van der Waals surface area contributed by atoms with Crippen molar-refractivity contribution in [3.63, 3.8) is 0 Å². The number of ether oxygens (including phenoxy) is 1. The van der Waals surface area contributed by atoms with Crippen LogP contribution in [0.3, 0.4) is 0 Å². The molecule has 0 spiro atoms. The largest absolute Gasteiger partial charge is 0.481 e. The third-order valence-electron chi connectivity index (χ3n) is 15.4. The van der Waals surface area contributed by atoms with Gasteiger partial charge in [-0.2, -0.15) is 0 Å². The fourth-order valence-corrected chi connectivity index (χ4v) is 12.1. The van der Waals surface area contributed by atoms with Gasteiger partial charge in [-0.05, 0) is 110 Å². The Morgan fingerprint density at radius 1 is 0.940 bits per heavy atom. The topological polar surface area (TPSA) is 174 Å². The zero-order valence-electron chi connectivity index (χ0n) is 31.4. The van der Waals surface area contributed by atoms with E-state index in [0.717, 1.165) is 44.9 Å². The first kappa shape index (κ1) is 39.7. The van der Waals surface area contributed by atoms with E-state index in [9.17, 15) is 39.9 Å². The molecule has 0 aromatic heterocycles. The first-order valence-corrected chi connectivity index (χ1v) is 19.9. The second-order valence-electron chi connectivity index (χ2n) is 18.4. The summed E-state index contributed by atoms with van der Waals surface area (Å²) in [5.74, 6) is -0.517. The Kier molecular flexibility index (Phi) is 11.2. The highest BCUT2D eigenvalue weighted by Crippen LogP contribution is 2.69. The van der Waals surface area contributed by atoms with Gasteiger partial charge in [0, 0.05) is 24.3 Å². The van der Waals surface area contributed by atoms with Crippen LogP contribution in [0.1, 0.15) is 113 Å². The maximum Gasteiger partial charge on any atom is 0.335 e. The number of nitrogens with one attached hydrogen (secondary N) is 1. The van der Waals surface area contributed by atoms with Crippen molar-refractivity contribution in [3.8, 4) is 0 Å². The number of rotatable bonds is 10. The van der Waals surface area contributed by atoms with E-state index in [0.29, 0.717) is 37.0 Å². The normalized spacial score (nSPS) is 47.5. The van der Waals surface area contributed by atoms with Gasteiger partial charge in [-0.1, -0.05) is 54.0 Å². The number of allylic oxidation sites excluding steroid dienone is 2. The van der Waals surface area contributed by atoms with E-state index in [1.807, 2.05) is 13.0 Å². The average molecular weight is 722 g/mol. The van der Waals surface area contributed by atoms with Crippen molar-refractivity contribution >= 4 is 29.5 Å². The van der Waals surface area contributed by atoms with Gasteiger partial charge in [-0.15, -0.1) is 11.8 Å². The maximum absolute atomic E-state index is 13.9. The second kappa shape index (κ2) is 14.0. The molecule has 0 radical (unpaired) electrons. The number of thioether (sulfide) groups is 1. The minimum Gasteiger partial charge on any atom is -0.481 e. The van der Waals surface area contributed by atoms with Gasteiger partial charge in [0.15, 0.2) is 11.9 Å². The number of carbonyl (C=O) groups is 3. The zero-order valence-corrected chi connectivity index (χ0v) is 32.2. The number of fused-ring (bicyclic) bond motifs is 3. The average Bonchev–Trinajstić information content (AvgIpc) is 3.04. The van der Waals surface area contributed by atoms with Gasteiger partial charge in [-0.3, -0.25) is 9.59 Å². The van der Waals surface area contributed by atoms with Gasteiger partial charge in [0.2, 0.25) is 0 Å². The lowest BCUT2D eigenvalue weighted by molar-refractivity contribution is -0.209. The summed E-state index contributed by atoms with van der Waals surface area (Å²) in [7, 11) is 0. The van der Waals surface area contributed by atoms with Crippen molar-refractivity contribution < 1.29 is 44.7 Å². The molecule has 3 saturated carbocycles. The highest BCUT2D eigenvalue weighted by atomic mass is 32.2. The summed E-state index contributed by atoms with van der Waals surface area (Å²) >= 11 is 1.23. The molecule has 1 aliphatic heterocycles. The van der Waals surface area contributed by atoms with E-state index < -0.39 is 47.2 Å². The van der Waals surface area contributed by atoms with Crippen LogP contribution in [0.4, 0.5) is 0 Å². The maximum atomic E-state index is 13.9. The standard InChI is InChI=1S/C39H63NO9S/c1-21-9-10-27(40-17-18-50-33-30(44)28(42)29(43)31(49-33)32(45)46)35(3,4)23(21)11-12-38(7)22(2)26(41)19-24-25-20-37(6,34(47)48)14-13-36(25,5)15-16-39(24,38)8/h19,21-23,25,27-31,33,40,42-44H,9-18,20H2,1-8H3,(H,45,46)(H,47,48)/t21-,22+,23?,25+,27+,28+,29+,30-,31+,33+,36-,37+,38-,39-/m1/s1. The Balaban J connectivity index is 1.27. The quantitative estimate of drug-likeness (QED) is 0.162. The Morgan fingerprint density at radius 3 is 2.24 bits per heavy atom.